The molecule has 0 saturated carbocycles. The highest BCUT2D eigenvalue weighted by Gasteiger charge is 2.21. The lowest BCUT2D eigenvalue weighted by Crippen LogP contribution is -2.39. The molecule has 1 aliphatic rings. The van der Waals surface area contributed by atoms with E-state index in [0.717, 1.165) is 16.9 Å². The molecule has 0 amide bonds. The van der Waals surface area contributed by atoms with Crippen molar-refractivity contribution in [1.82, 2.24) is 4.90 Å². The molecule has 3 heteroatoms. The Morgan fingerprint density at radius 1 is 1.41 bits per heavy atom. The molecule has 1 aliphatic heterocycles. The predicted molar refractivity (Wildman–Crippen MR) is 78.0 cm³/mol. The number of hydrogen-bond acceptors (Lipinski definition) is 1. The fourth-order valence-electron chi connectivity index (χ4n) is 2.44. The maximum atomic E-state index is 6.30. The first-order valence-electron chi connectivity index (χ1n) is 6.25. The van der Waals surface area contributed by atoms with Crippen LogP contribution in [0.15, 0.2) is 18.2 Å². The van der Waals surface area contributed by atoms with Crippen LogP contribution in [0, 0.1) is 6.92 Å². The molecule has 0 radical (unpaired) electrons. The smallest absolute Gasteiger partial charge is 0.0453 e. The Labute approximate surface area is 117 Å². The fourth-order valence-corrected chi connectivity index (χ4v) is 3.47. The van der Waals surface area contributed by atoms with Crippen molar-refractivity contribution in [2.24, 2.45) is 0 Å². The van der Waals surface area contributed by atoms with Crippen molar-refractivity contribution in [3.05, 3.63) is 34.3 Å². The Bertz CT molecular complexity index is 380. The number of halogens is 2. The molecule has 0 aliphatic carbocycles. The van der Waals surface area contributed by atoms with Gasteiger partial charge in [-0.15, -0.1) is 0 Å². The Balaban J connectivity index is 2.08. The van der Waals surface area contributed by atoms with Gasteiger partial charge in [-0.1, -0.05) is 46.1 Å². The zero-order valence-corrected chi connectivity index (χ0v) is 12.6. The molecule has 17 heavy (non-hydrogen) atoms. The summed E-state index contributed by atoms with van der Waals surface area (Å²) >= 11 is 9.92. The second-order valence-corrected chi connectivity index (χ2v) is 5.92. The van der Waals surface area contributed by atoms with E-state index in [1.807, 2.05) is 0 Å². The van der Waals surface area contributed by atoms with E-state index >= 15 is 0 Å². The second kappa shape index (κ2) is 6.21. The topological polar surface area (TPSA) is 3.24 Å². The van der Waals surface area contributed by atoms with Gasteiger partial charge in [-0.3, -0.25) is 4.90 Å². The highest BCUT2D eigenvalue weighted by Crippen LogP contribution is 2.24. The fraction of sp³-hybridized carbons (Fsp3) is 0.571. The molecule has 1 atom stereocenters. The van der Waals surface area contributed by atoms with Gasteiger partial charge < -0.3 is 0 Å². The van der Waals surface area contributed by atoms with Crippen LogP contribution >= 0.6 is 27.5 Å². The number of hydrogen-bond donors (Lipinski definition) is 0. The Morgan fingerprint density at radius 3 is 2.94 bits per heavy atom. The number of alkyl halides is 1. The average Bonchev–Trinajstić information content (AvgIpc) is 2.33. The van der Waals surface area contributed by atoms with Crippen LogP contribution in [0.1, 0.15) is 30.4 Å². The summed E-state index contributed by atoms with van der Waals surface area (Å²) in [5, 5.41) is 1.97. The lowest BCUT2D eigenvalue weighted by molar-refractivity contribution is 0.156. The Hall–Kier alpha value is -0.0500. The summed E-state index contributed by atoms with van der Waals surface area (Å²) in [5.74, 6) is 0. The highest BCUT2D eigenvalue weighted by atomic mass is 79.9. The summed E-state index contributed by atoms with van der Waals surface area (Å²) in [6, 6.07) is 7.04. The Kier molecular flexibility index (Phi) is 4.89. The van der Waals surface area contributed by atoms with Crippen LogP contribution < -0.4 is 0 Å². The van der Waals surface area contributed by atoms with E-state index in [2.05, 4.69) is 46.0 Å². The highest BCUT2D eigenvalue weighted by molar-refractivity contribution is 9.09. The van der Waals surface area contributed by atoms with Crippen LogP contribution in [-0.2, 0) is 6.54 Å². The molecule has 0 spiro atoms. The number of nitrogens with zero attached hydrogens (tertiary/aromatic N) is 1. The largest absolute Gasteiger partial charge is 0.295 e. The third-order valence-corrected chi connectivity index (χ3v) is 4.61. The molecule has 0 bridgehead atoms. The quantitative estimate of drug-likeness (QED) is 0.747. The molecule has 94 valence electrons. The molecule has 2 rings (SSSR count). The van der Waals surface area contributed by atoms with Gasteiger partial charge in [0.25, 0.3) is 0 Å². The number of rotatable bonds is 3. The summed E-state index contributed by atoms with van der Waals surface area (Å²) in [6.45, 7) is 4.26. The van der Waals surface area contributed by atoms with Gasteiger partial charge in [-0.25, -0.2) is 0 Å². The zero-order valence-electron chi connectivity index (χ0n) is 10.3. The normalized spacial score (nSPS) is 21.7. The van der Waals surface area contributed by atoms with E-state index in [0.29, 0.717) is 6.04 Å². The lowest BCUT2D eigenvalue weighted by Gasteiger charge is -2.34. The van der Waals surface area contributed by atoms with Gasteiger partial charge in [0.2, 0.25) is 0 Å². The molecule has 1 saturated heterocycles. The van der Waals surface area contributed by atoms with Crippen LogP contribution in [0.3, 0.4) is 0 Å². The Morgan fingerprint density at radius 2 is 2.24 bits per heavy atom. The van der Waals surface area contributed by atoms with E-state index in [9.17, 15) is 0 Å². The molecular formula is C14H19BrClN. The third-order valence-electron chi connectivity index (χ3n) is 3.51. The molecule has 1 fully saturated rings. The molecule has 1 nitrogen and oxygen atoms in total. The van der Waals surface area contributed by atoms with Crippen molar-refractivity contribution in [2.75, 3.05) is 11.9 Å². The molecule has 1 unspecified atom stereocenters. The van der Waals surface area contributed by atoms with Crippen molar-refractivity contribution in [2.45, 2.75) is 38.8 Å². The molecule has 1 heterocycles. The minimum absolute atomic E-state index is 0.668. The van der Waals surface area contributed by atoms with Crippen molar-refractivity contribution in [3.63, 3.8) is 0 Å². The second-order valence-electron chi connectivity index (χ2n) is 4.87. The van der Waals surface area contributed by atoms with E-state index in [1.54, 1.807) is 0 Å². The molecule has 1 aromatic carbocycles. The van der Waals surface area contributed by atoms with Crippen LogP contribution in [0.25, 0.3) is 0 Å². The van der Waals surface area contributed by atoms with Gasteiger partial charge in [0.05, 0.1) is 0 Å². The summed E-state index contributed by atoms with van der Waals surface area (Å²) < 4.78 is 0. The zero-order chi connectivity index (χ0) is 12.3. The minimum Gasteiger partial charge on any atom is -0.295 e. The summed E-state index contributed by atoms with van der Waals surface area (Å²) in [4.78, 5) is 2.55. The van der Waals surface area contributed by atoms with Crippen molar-refractivity contribution >= 4 is 27.5 Å². The van der Waals surface area contributed by atoms with E-state index in [1.165, 1.54) is 36.9 Å². The molecule has 0 aromatic heterocycles. The van der Waals surface area contributed by atoms with Crippen molar-refractivity contribution in [1.29, 1.82) is 0 Å². The van der Waals surface area contributed by atoms with Crippen LogP contribution in [0.5, 0.6) is 0 Å². The van der Waals surface area contributed by atoms with Gasteiger partial charge in [0, 0.05) is 22.9 Å². The van der Waals surface area contributed by atoms with E-state index in [4.69, 9.17) is 11.6 Å². The molecule has 0 N–H and O–H groups in total. The molecule has 1 aromatic rings. The van der Waals surface area contributed by atoms with Gasteiger partial charge in [-0.2, -0.15) is 0 Å². The predicted octanol–water partition coefficient (Wildman–Crippen LogP) is 4.40. The van der Waals surface area contributed by atoms with Gasteiger partial charge in [0.1, 0.15) is 0 Å². The number of benzene rings is 1. The number of aryl methyl sites for hydroxylation is 1. The van der Waals surface area contributed by atoms with Crippen LogP contribution in [-0.4, -0.2) is 22.8 Å². The minimum atomic E-state index is 0.668. The summed E-state index contributed by atoms with van der Waals surface area (Å²) in [5.41, 5.74) is 2.49. The maximum Gasteiger partial charge on any atom is 0.0453 e. The van der Waals surface area contributed by atoms with Gasteiger partial charge in [0.15, 0.2) is 0 Å². The summed E-state index contributed by atoms with van der Waals surface area (Å²) in [6.07, 6.45) is 3.97. The first-order chi connectivity index (χ1) is 8.20. The first-order valence-corrected chi connectivity index (χ1v) is 7.75. The number of likely N-dealkylation sites (tertiary alicyclic amines) is 1. The van der Waals surface area contributed by atoms with Crippen LogP contribution in [0.2, 0.25) is 5.02 Å². The van der Waals surface area contributed by atoms with E-state index in [-0.39, 0.29) is 0 Å². The number of piperidine rings is 1. The standard InChI is InChI=1S/C14H19BrClN/c1-11-5-6-12(14(16)8-11)10-17-7-3-2-4-13(17)9-15/h5-6,8,13H,2-4,7,9-10H2,1H3. The summed E-state index contributed by atoms with van der Waals surface area (Å²) in [7, 11) is 0. The van der Waals surface area contributed by atoms with E-state index < -0.39 is 0 Å². The average molecular weight is 317 g/mol. The van der Waals surface area contributed by atoms with Gasteiger partial charge in [-0.05, 0) is 43.5 Å². The van der Waals surface area contributed by atoms with Crippen LogP contribution in [0.4, 0.5) is 0 Å². The van der Waals surface area contributed by atoms with Gasteiger partial charge >= 0.3 is 0 Å². The monoisotopic (exact) mass is 315 g/mol. The van der Waals surface area contributed by atoms with Crippen molar-refractivity contribution < 1.29 is 0 Å². The lowest BCUT2D eigenvalue weighted by atomic mass is 10.0. The van der Waals surface area contributed by atoms with Crippen molar-refractivity contribution in [3.8, 4) is 0 Å². The maximum absolute atomic E-state index is 6.30. The third kappa shape index (κ3) is 3.46. The first kappa shape index (κ1) is 13.4. The molecular weight excluding hydrogens is 298 g/mol. The SMILES string of the molecule is Cc1ccc(CN2CCCCC2CBr)c(Cl)c1.